The second kappa shape index (κ2) is 5.96. The van der Waals surface area contributed by atoms with Gasteiger partial charge in [0.15, 0.2) is 0 Å². The first-order chi connectivity index (χ1) is 10.5. The van der Waals surface area contributed by atoms with E-state index in [1.54, 1.807) is 0 Å². The molecule has 0 aromatic heterocycles. The predicted octanol–water partition coefficient (Wildman–Crippen LogP) is 4.28. The molecule has 1 amide bonds. The van der Waals surface area contributed by atoms with E-state index in [9.17, 15) is 4.79 Å². The zero-order chi connectivity index (χ0) is 15.7. The van der Waals surface area contributed by atoms with Gasteiger partial charge in [0, 0.05) is 5.56 Å². The number of hydrogen-bond acceptors (Lipinski definition) is 1. The van der Waals surface area contributed by atoms with Gasteiger partial charge in [-0.1, -0.05) is 24.3 Å². The molecular formula is C20H23NO. The van der Waals surface area contributed by atoms with Crippen LogP contribution in [0, 0.1) is 13.8 Å². The largest absolute Gasteiger partial charge is 0.346 e. The normalized spacial score (nSPS) is 14.5. The molecule has 22 heavy (non-hydrogen) atoms. The van der Waals surface area contributed by atoms with Gasteiger partial charge in [-0.2, -0.15) is 0 Å². The van der Waals surface area contributed by atoms with E-state index in [1.807, 2.05) is 25.1 Å². The van der Waals surface area contributed by atoms with Gasteiger partial charge >= 0.3 is 0 Å². The topological polar surface area (TPSA) is 29.1 Å². The third-order valence-electron chi connectivity index (χ3n) is 4.74. The number of benzene rings is 2. The van der Waals surface area contributed by atoms with Crippen LogP contribution in [-0.4, -0.2) is 5.91 Å². The summed E-state index contributed by atoms with van der Waals surface area (Å²) in [6, 6.07) is 12.5. The molecule has 3 rings (SSSR count). The molecule has 0 saturated heterocycles. The van der Waals surface area contributed by atoms with Crippen LogP contribution in [0.5, 0.6) is 0 Å². The minimum Gasteiger partial charge on any atom is -0.346 e. The molecule has 1 atom stereocenters. The van der Waals surface area contributed by atoms with Crippen LogP contribution < -0.4 is 5.32 Å². The summed E-state index contributed by atoms with van der Waals surface area (Å²) in [4.78, 5) is 12.4. The molecule has 1 N–H and O–H groups in total. The van der Waals surface area contributed by atoms with Crippen molar-refractivity contribution in [2.75, 3.05) is 0 Å². The zero-order valence-corrected chi connectivity index (χ0v) is 13.6. The lowest BCUT2D eigenvalue weighted by atomic mass is 10.0. The molecule has 2 nitrogen and oxygen atoms in total. The number of amides is 1. The van der Waals surface area contributed by atoms with Gasteiger partial charge in [-0.05, 0) is 80.0 Å². The molecular weight excluding hydrogens is 270 g/mol. The summed E-state index contributed by atoms with van der Waals surface area (Å²) in [7, 11) is 0. The Kier molecular flexibility index (Phi) is 4.02. The number of carbonyl (C=O) groups is 1. The lowest BCUT2D eigenvalue weighted by Crippen LogP contribution is -2.26. The Labute approximate surface area is 132 Å². The predicted molar refractivity (Wildman–Crippen MR) is 90.3 cm³/mol. The fourth-order valence-corrected chi connectivity index (χ4v) is 3.11. The van der Waals surface area contributed by atoms with E-state index in [4.69, 9.17) is 0 Å². The van der Waals surface area contributed by atoms with Gasteiger partial charge in [0.2, 0.25) is 0 Å². The van der Waals surface area contributed by atoms with Crippen LogP contribution in [-0.2, 0) is 12.8 Å². The van der Waals surface area contributed by atoms with Crippen LogP contribution in [0.15, 0.2) is 36.4 Å². The van der Waals surface area contributed by atoms with E-state index in [0.29, 0.717) is 0 Å². The maximum Gasteiger partial charge on any atom is 0.251 e. The minimum absolute atomic E-state index is 0.00361. The van der Waals surface area contributed by atoms with Gasteiger partial charge in [-0.25, -0.2) is 0 Å². The monoisotopic (exact) mass is 293 g/mol. The lowest BCUT2D eigenvalue weighted by molar-refractivity contribution is 0.0940. The summed E-state index contributed by atoms with van der Waals surface area (Å²) >= 11 is 0. The highest BCUT2D eigenvalue weighted by Crippen LogP contribution is 2.25. The standard InChI is InChI=1S/C20H23NO/c1-13-7-8-19(11-14(13)2)20(22)21-15(3)17-10-9-16-5-4-6-18(16)12-17/h7-12,15H,4-6H2,1-3H3,(H,21,22). The highest BCUT2D eigenvalue weighted by Gasteiger charge is 2.15. The molecule has 0 saturated carbocycles. The van der Waals surface area contributed by atoms with Crippen molar-refractivity contribution >= 4 is 5.91 Å². The molecule has 114 valence electrons. The van der Waals surface area contributed by atoms with E-state index in [0.717, 1.165) is 11.1 Å². The van der Waals surface area contributed by atoms with Crippen molar-refractivity contribution in [3.8, 4) is 0 Å². The maximum atomic E-state index is 12.4. The molecule has 0 heterocycles. The average molecular weight is 293 g/mol. The van der Waals surface area contributed by atoms with Crippen molar-refractivity contribution in [3.63, 3.8) is 0 Å². The summed E-state index contributed by atoms with van der Waals surface area (Å²) in [5, 5.41) is 3.11. The summed E-state index contributed by atoms with van der Waals surface area (Å²) in [6.07, 6.45) is 3.61. The van der Waals surface area contributed by atoms with Gasteiger partial charge in [0.1, 0.15) is 0 Å². The van der Waals surface area contributed by atoms with Crippen LogP contribution in [0.25, 0.3) is 0 Å². The van der Waals surface area contributed by atoms with Crippen molar-refractivity contribution in [2.24, 2.45) is 0 Å². The first-order valence-corrected chi connectivity index (χ1v) is 8.04. The zero-order valence-electron chi connectivity index (χ0n) is 13.6. The van der Waals surface area contributed by atoms with Crippen LogP contribution >= 0.6 is 0 Å². The molecule has 1 unspecified atom stereocenters. The third kappa shape index (κ3) is 2.92. The van der Waals surface area contributed by atoms with Crippen molar-refractivity contribution in [2.45, 2.75) is 46.1 Å². The fraction of sp³-hybridized carbons (Fsp3) is 0.350. The molecule has 2 aromatic carbocycles. The van der Waals surface area contributed by atoms with Gasteiger partial charge in [-0.3, -0.25) is 4.79 Å². The maximum absolute atomic E-state index is 12.4. The van der Waals surface area contributed by atoms with E-state index in [1.165, 1.54) is 41.5 Å². The lowest BCUT2D eigenvalue weighted by Gasteiger charge is -2.16. The van der Waals surface area contributed by atoms with Crippen molar-refractivity contribution in [1.82, 2.24) is 5.32 Å². The molecule has 0 radical (unpaired) electrons. The minimum atomic E-state index is -0.00361. The van der Waals surface area contributed by atoms with Gasteiger partial charge < -0.3 is 5.32 Å². The van der Waals surface area contributed by atoms with Gasteiger partial charge in [-0.15, -0.1) is 0 Å². The van der Waals surface area contributed by atoms with Crippen molar-refractivity contribution in [1.29, 1.82) is 0 Å². The molecule has 0 aliphatic heterocycles. The summed E-state index contributed by atoms with van der Waals surface area (Å²) < 4.78 is 0. The summed E-state index contributed by atoms with van der Waals surface area (Å²) in [5.41, 5.74) is 7.20. The fourth-order valence-electron chi connectivity index (χ4n) is 3.11. The smallest absolute Gasteiger partial charge is 0.251 e. The van der Waals surface area contributed by atoms with E-state index in [2.05, 4.69) is 37.4 Å². The van der Waals surface area contributed by atoms with Gasteiger partial charge in [0.05, 0.1) is 6.04 Å². The quantitative estimate of drug-likeness (QED) is 0.899. The molecule has 1 aliphatic carbocycles. The average Bonchev–Trinajstić information content (AvgIpc) is 2.97. The molecule has 2 aromatic rings. The number of hydrogen-bond donors (Lipinski definition) is 1. The van der Waals surface area contributed by atoms with Crippen molar-refractivity contribution < 1.29 is 4.79 Å². The number of carbonyl (C=O) groups excluding carboxylic acids is 1. The van der Waals surface area contributed by atoms with Crippen LogP contribution in [0.3, 0.4) is 0 Å². The second-order valence-electron chi connectivity index (χ2n) is 6.38. The third-order valence-corrected chi connectivity index (χ3v) is 4.74. The molecule has 0 fully saturated rings. The highest BCUT2D eigenvalue weighted by molar-refractivity contribution is 5.94. The summed E-state index contributed by atoms with van der Waals surface area (Å²) in [6.45, 7) is 6.15. The number of fused-ring (bicyclic) bond motifs is 1. The van der Waals surface area contributed by atoms with Crippen LogP contribution in [0.1, 0.15) is 57.6 Å². The Hall–Kier alpha value is -2.09. The highest BCUT2D eigenvalue weighted by atomic mass is 16.1. The van der Waals surface area contributed by atoms with Crippen molar-refractivity contribution in [3.05, 3.63) is 69.8 Å². The van der Waals surface area contributed by atoms with Crippen LogP contribution in [0.4, 0.5) is 0 Å². The Morgan fingerprint density at radius 1 is 1.00 bits per heavy atom. The number of rotatable bonds is 3. The number of nitrogens with one attached hydrogen (secondary N) is 1. The molecule has 0 spiro atoms. The Morgan fingerprint density at radius 3 is 2.55 bits per heavy atom. The SMILES string of the molecule is Cc1ccc(C(=O)NC(C)c2ccc3c(c2)CCC3)cc1C. The first-order valence-electron chi connectivity index (χ1n) is 8.04. The Morgan fingerprint density at radius 2 is 1.77 bits per heavy atom. The van der Waals surface area contributed by atoms with E-state index in [-0.39, 0.29) is 11.9 Å². The van der Waals surface area contributed by atoms with Gasteiger partial charge in [0.25, 0.3) is 5.91 Å². The molecule has 2 heteroatoms. The molecule has 1 aliphatic rings. The first kappa shape index (κ1) is 14.8. The van der Waals surface area contributed by atoms with E-state index < -0.39 is 0 Å². The van der Waals surface area contributed by atoms with Crippen LogP contribution in [0.2, 0.25) is 0 Å². The molecule has 0 bridgehead atoms. The second-order valence-corrected chi connectivity index (χ2v) is 6.38. The Balaban J connectivity index is 1.74. The number of aryl methyl sites for hydroxylation is 4. The Bertz CT molecular complexity index is 718. The van der Waals surface area contributed by atoms with E-state index >= 15 is 0 Å². The summed E-state index contributed by atoms with van der Waals surface area (Å²) in [5.74, 6) is -0.00361.